The topological polar surface area (TPSA) is 51.5 Å². The molecule has 0 aliphatic rings. The van der Waals surface area contributed by atoms with Crippen molar-refractivity contribution in [3.63, 3.8) is 0 Å². The molecule has 0 radical (unpaired) electrons. The Balaban J connectivity index is 2.86. The second kappa shape index (κ2) is 3.56. The van der Waals surface area contributed by atoms with Gasteiger partial charge in [0.25, 0.3) is 0 Å². The van der Waals surface area contributed by atoms with Gasteiger partial charge in [0.2, 0.25) is 5.88 Å². The Morgan fingerprint density at radius 3 is 2.69 bits per heavy atom. The Morgan fingerprint density at radius 2 is 2.12 bits per heavy atom. The highest BCUT2D eigenvalue weighted by Gasteiger charge is 2.18. The number of aromatic hydroxyl groups is 1. The second-order valence-corrected chi connectivity index (χ2v) is 3.70. The van der Waals surface area contributed by atoms with Crippen LogP contribution in [0.2, 0.25) is 0 Å². The van der Waals surface area contributed by atoms with Crippen molar-refractivity contribution in [1.82, 2.24) is 4.57 Å². The molecule has 2 rings (SSSR count). The summed E-state index contributed by atoms with van der Waals surface area (Å²) in [5, 5.41) is 10.6. The zero-order chi connectivity index (χ0) is 11.9. The fourth-order valence-corrected chi connectivity index (χ4v) is 1.88. The molecule has 0 aliphatic heterocycles. The molecule has 1 N–H and O–H groups in total. The van der Waals surface area contributed by atoms with E-state index in [4.69, 9.17) is 4.74 Å². The fraction of sp³-hybridized carbons (Fsp3) is 0.250. The number of benzene rings is 1. The summed E-state index contributed by atoms with van der Waals surface area (Å²) in [6.07, 6.45) is 0. The third-order valence-corrected chi connectivity index (χ3v) is 2.73. The average Bonchev–Trinajstić information content (AvgIpc) is 2.51. The summed E-state index contributed by atoms with van der Waals surface area (Å²) >= 11 is 0. The molecule has 4 heteroatoms. The fourth-order valence-electron chi connectivity index (χ4n) is 1.88. The predicted molar refractivity (Wildman–Crippen MR) is 61.1 cm³/mol. The Morgan fingerprint density at radius 1 is 1.44 bits per heavy atom. The van der Waals surface area contributed by atoms with E-state index in [0.29, 0.717) is 16.7 Å². The zero-order valence-corrected chi connectivity index (χ0v) is 9.44. The van der Waals surface area contributed by atoms with Crippen molar-refractivity contribution in [2.75, 3.05) is 7.11 Å². The quantitative estimate of drug-likeness (QED) is 0.787. The van der Waals surface area contributed by atoms with Gasteiger partial charge in [-0.2, -0.15) is 0 Å². The molecule has 2 aromatic rings. The molecule has 0 fully saturated rings. The Labute approximate surface area is 93.1 Å². The predicted octanol–water partition coefficient (Wildman–Crippen LogP) is 2.10. The van der Waals surface area contributed by atoms with Crippen LogP contribution in [0, 0.1) is 0 Å². The van der Waals surface area contributed by atoms with E-state index in [0.717, 1.165) is 5.52 Å². The van der Waals surface area contributed by atoms with E-state index in [2.05, 4.69) is 0 Å². The Bertz CT molecular complexity index is 569. The minimum absolute atomic E-state index is 0.00393. The molecular weight excluding hydrogens is 206 g/mol. The van der Waals surface area contributed by atoms with Crippen molar-refractivity contribution >= 4 is 16.7 Å². The highest BCUT2D eigenvalue weighted by molar-refractivity contribution is 6.09. The van der Waals surface area contributed by atoms with E-state index in [1.807, 2.05) is 6.07 Å². The second-order valence-electron chi connectivity index (χ2n) is 3.70. The number of hydrogen-bond acceptors (Lipinski definition) is 3. The standard InChI is InChI=1S/C12H13NO3/c1-7(14)11-9-6-8(16-3)4-5-10(9)13(2)12(11)15/h4-6,15H,1-3H3. The van der Waals surface area contributed by atoms with Crippen molar-refractivity contribution in [3.8, 4) is 11.6 Å². The molecule has 4 nitrogen and oxygen atoms in total. The van der Waals surface area contributed by atoms with Crippen LogP contribution in [-0.2, 0) is 7.05 Å². The highest BCUT2D eigenvalue weighted by atomic mass is 16.5. The number of aryl methyl sites for hydroxylation is 1. The van der Waals surface area contributed by atoms with E-state index in [-0.39, 0.29) is 11.7 Å². The van der Waals surface area contributed by atoms with E-state index < -0.39 is 0 Å². The summed E-state index contributed by atoms with van der Waals surface area (Å²) < 4.78 is 6.69. The van der Waals surface area contributed by atoms with Crippen LogP contribution in [0.4, 0.5) is 0 Å². The number of methoxy groups -OCH3 is 1. The summed E-state index contributed by atoms with van der Waals surface area (Å²) in [4.78, 5) is 11.5. The first-order valence-corrected chi connectivity index (χ1v) is 4.92. The van der Waals surface area contributed by atoms with Crippen LogP contribution >= 0.6 is 0 Å². The van der Waals surface area contributed by atoms with Gasteiger partial charge in [0.1, 0.15) is 5.75 Å². The van der Waals surface area contributed by atoms with Crippen molar-refractivity contribution in [3.05, 3.63) is 23.8 Å². The first-order chi connectivity index (χ1) is 7.56. The van der Waals surface area contributed by atoms with Gasteiger partial charge in [-0.3, -0.25) is 4.79 Å². The lowest BCUT2D eigenvalue weighted by molar-refractivity contribution is 0.101. The molecule has 0 saturated heterocycles. The maximum atomic E-state index is 11.5. The largest absolute Gasteiger partial charge is 0.497 e. The van der Waals surface area contributed by atoms with Gasteiger partial charge in [-0.05, 0) is 25.1 Å². The number of ketones is 1. The van der Waals surface area contributed by atoms with Crippen LogP contribution in [-0.4, -0.2) is 22.6 Å². The lowest BCUT2D eigenvalue weighted by atomic mass is 10.1. The smallest absolute Gasteiger partial charge is 0.202 e. The zero-order valence-electron chi connectivity index (χ0n) is 9.44. The van der Waals surface area contributed by atoms with Crippen LogP contribution < -0.4 is 4.74 Å². The molecule has 0 spiro atoms. The van der Waals surface area contributed by atoms with Gasteiger partial charge < -0.3 is 14.4 Å². The molecule has 1 heterocycles. The minimum Gasteiger partial charge on any atom is -0.497 e. The third kappa shape index (κ3) is 1.34. The first-order valence-electron chi connectivity index (χ1n) is 4.92. The van der Waals surface area contributed by atoms with Gasteiger partial charge in [-0.15, -0.1) is 0 Å². The van der Waals surface area contributed by atoms with Gasteiger partial charge in [0, 0.05) is 12.4 Å². The van der Waals surface area contributed by atoms with Crippen molar-refractivity contribution in [2.45, 2.75) is 6.92 Å². The van der Waals surface area contributed by atoms with E-state index in [9.17, 15) is 9.90 Å². The number of rotatable bonds is 2. The van der Waals surface area contributed by atoms with Gasteiger partial charge in [-0.1, -0.05) is 0 Å². The van der Waals surface area contributed by atoms with E-state index >= 15 is 0 Å². The Hall–Kier alpha value is -1.97. The molecule has 84 valence electrons. The summed E-state index contributed by atoms with van der Waals surface area (Å²) in [7, 11) is 3.29. The van der Waals surface area contributed by atoms with Crippen molar-refractivity contribution in [2.24, 2.45) is 7.05 Å². The monoisotopic (exact) mass is 219 g/mol. The average molecular weight is 219 g/mol. The van der Waals surface area contributed by atoms with Gasteiger partial charge in [-0.25, -0.2) is 0 Å². The number of Topliss-reactive ketones (excluding diaryl/α,β-unsaturated/α-hetero) is 1. The third-order valence-electron chi connectivity index (χ3n) is 2.73. The van der Waals surface area contributed by atoms with Gasteiger partial charge >= 0.3 is 0 Å². The minimum atomic E-state index is -0.156. The molecule has 0 atom stereocenters. The van der Waals surface area contributed by atoms with Crippen LogP contribution in [0.25, 0.3) is 10.9 Å². The van der Waals surface area contributed by atoms with Crippen LogP contribution in [0.5, 0.6) is 11.6 Å². The number of hydrogen-bond donors (Lipinski definition) is 1. The van der Waals surface area contributed by atoms with Crippen LogP contribution in [0.1, 0.15) is 17.3 Å². The van der Waals surface area contributed by atoms with E-state index in [1.54, 1.807) is 30.9 Å². The molecule has 0 aliphatic carbocycles. The van der Waals surface area contributed by atoms with Gasteiger partial charge in [0.05, 0.1) is 18.2 Å². The molecule has 16 heavy (non-hydrogen) atoms. The molecule has 0 bridgehead atoms. The molecule has 0 saturated carbocycles. The number of aromatic nitrogens is 1. The maximum absolute atomic E-state index is 11.5. The lowest BCUT2D eigenvalue weighted by Gasteiger charge is -2.00. The van der Waals surface area contributed by atoms with Gasteiger partial charge in [0.15, 0.2) is 5.78 Å². The molecular formula is C12H13NO3. The van der Waals surface area contributed by atoms with E-state index in [1.165, 1.54) is 6.92 Å². The summed E-state index contributed by atoms with van der Waals surface area (Å²) in [6.45, 7) is 1.44. The number of carbonyl (C=O) groups is 1. The number of carbonyl (C=O) groups excluding carboxylic acids is 1. The van der Waals surface area contributed by atoms with Crippen molar-refractivity contribution in [1.29, 1.82) is 0 Å². The summed E-state index contributed by atoms with van der Waals surface area (Å²) in [6, 6.07) is 5.37. The molecule has 1 aromatic heterocycles. The van der Waals surface area contributed by atoms with Crippen LogP contribution in [0.3, 0.4) is 0 Å². The number of ether oxygens (including phenoxy) is 1. The first kappa shape index (κ1) is 10.5. The lowest BCUT2D eigenvalue weighted by Crippen LogP contribution is -1.91. The molecule has 0 amide bonds. The highest BCUT2D eigenvalue weighted by Crippen LogP contribution is 2.32. The maximum Gasteiger partial charge on any atom is 0.202 e. The Kier molecular flexibility index (Phi) is 2.34. The number of nitrogens with zero attached hydrogens (tertiary/aromatic N) is 1. The normalized spacial score (nSPS) is 10.7. The number of fused-ring (bicyclic) bond motifs is 1. The van der Waals surface area contributed by atoms with Crippen LogP contribution in [0.15, 0.2) is 18.2 Å². The molecule has 0 unspecified atom stereocenters. The molecule has 1 aromatic carbocycles. The summed E-state index contributed by atoms with van der Waals surface area (Å²) in [5.74, 6) is 0.507. The summed E-state index contributed by atoms with van der Waals surface area (Å²) in [5.41, 5.74) is 1.15. The SMILES string of the molecule is COc1ccc2c(c1)c(C(C)=O)c(O)n2C. The van der Waals surface area contributed by atoms with Crippen molar-refractivity contribution < 1.29 is 14.6 Å².